The van der Waals surface area contributed by atoms with E-state index >= 15 is 0 Å². The van der Waals surface area contributed by atoms with Gasteiger partial charge in [-0.15, -0.1) is 11.3 Å². The lowest BCUT2D eigenvalue weighted by Gasteiger charge is -2.29. The number of rotatable bonds is 2. The largest absolute Gasteiger partial charge is 0.296 e. The molecule has 1 aliphatic heterocycles. The van der Waals surface area contributed by atoms with Crippen LogP contribution in [0.25, 0.3) is 0 Å². The van der Waals surface area contributed by atoms with E-state index in [2.05, 4.69) is 21.2 Å². The quantitative estimate of drug-likeness (QED) is 0.826. The standard InChI is InChI=1S/C16H14BrNO2S/c1-9-2-7-13(21-9)12-8-14(19)18-16(20)15(12)10-3-5-11(17)6-4-10/h2-7,12,15H,8H2,1H3,(H,18,19,20). The molecule has 0 aliphatic carbocycles. The Morgan fingerprint density at radius 3 is 2.48 bits per heavy atom. The first-order valence-electron chi connectivity index (χ1n) is 6.70. The molecule has 108 valence electrons. The highest BCUT2D eigenvalue weighted by atomic mass is 79.9. The van der Waals surface area contributed by atoms with Crippen LogP contribution in [0.3, 0.4) is 0 Å². The first kappa shape index (κ1) is 14.5. The molecule has 0 saturated carbocycles. The number of amides is 2. The molecule has 2 atom stereocenters. The predicted molar refractivity (Wildman–Crippen MR) is 86.4 cm³/mol. The molecule has 3 nitrogen and oxygen atoms in total. The van der Waals surface area contributed by atoms with Crippen molar-refractivity contribution in [2.75, 3.05) is 0 Å². The van der Waals surface area contributed by atoms with Crippen LogP contribution in [0.1, 0.15) is 33.6 Å². The Balaban J connectivity index is 2.02. The summed E-state index contributed by atoms with van der Waals surface area (Å²) < 4.78 is 0.974. The fraction of sp³-hybridized carbons (Fsp3) is 0.250. The maximum Gasteiger partial charge on any atom is 0.234 e. The maximum absolute atomic E-state index is 12.3. The number of hydrogen-bond acceptors (Lipinski definition) is 3. The zero-order valence-corrected chi connectivity index (χ0v) is 13.8. The van der Waals surface area contributed by atoms with Gasteiger partial charge in [-0.2, -0.15) is 0 Å². The molecule has 0 radical (unpaired) electrons. The van der Waals surface area contributed by atoms with Crippen molar-refractivity contribution in [2.45, 2.75) is 25.2 Å². The molecule has 2 amide bonds. The van der Waals surface area contributed by atoms with E-state index in [0.29, 0.717) is 6.42 Å². The van der Waals surface area contributed by atoms with Crippen LogP contribution in [0.4, 0.5) is 0 Å². The van der Waals surface area contributed by atoms with Crippen LogP contribution in [-0.4, -0.2) is 11.8 Å². The van der Waals surface area contributed by atoms with Gasteiger partial charge >= 0.3 is 0 Å². The summed E-state index contributed by atoms with van der Waals surface area (Å²) in [7, 11) is 0. The second-order valence-corrected chi connectivity index (χ2v) is 7.44. The van der Waals surface area contributed by atoms with Gasteiger partial charge in [-0.3, -0.25) is 14.9 Å². The average Bonchev–Trinajstić information content (AvgIpc) is 2.86. The first-order valence-corrected chi connectivity index (χ1v) is 8.31. The molecule has 0 bridgehead atoms. The van der Waals surface area contributed by atoms with E-state index in [1.54, 1.807) is 11.3 Å². The number of thiophene rings is 1. The fourth-order valence-corrected chi connectivity index (χ4v) is 4.02. The summed E-state index contributed by atoms with van der Waals surface area (Å²) in [4.78, 5) is 26.4. The first-order chi connectivity index (χ1) is 10.0. The number of piperidine rings is 1. The van der Waals surface area contributed by atoms with Gasteiger partial charge in [0, 0.05) is 26.6 Å². The van der Waals surface area contributed by atoms with Gasteiger partial charge in [0.2, 0.25) is 11.8 Å². The van der Waals surface area contributed by atoms with Crippen LogP contribution in [0.5, 0.6) is 0 Å². The van der Waals surface area contributed by atoms with Crippen molar-refractivity contribution >= 4 is 39.1 Å². The molecule has 21 heavy (non-hydrogen) atoms. The molecule has 2 aromatic rings. The molecular formula is C16H14BrNO2S. The second-order valence-electron chi connectivity index (χ2n) is 5.20. The van der Waals surface area contributed by atoms with Crippen molar-refractivity contribution in [1.29, 1.82) is 0 Å². The molecule has 1 aliphatic rings. The lowest BCUT2D eigenvalue weighted by molar-refractivity contribution is -0.135. The Hall–Kier alpha value is -1.46. The van der Waals surface area contributed by atoms with E-state index in [1.807, 2.05) is 43.3 Å². The van der Waals surface area contributed by atoms with Gasteiger partial charge in [-0.25, -0.2) is 0 Å². The number of carbonyl (C=O) groups excluding carboxylic acids is 2. The van der Waals surface area contributed by atoms with E-state index in [1.165, 1.54) is 4.88 Å². The van der Waals surface area contributed by atoms with Crippen LogP contribution in [-0.2, 0) is 9.59 Å². The summed E-state index contributed by atoms with van der Waals surface area (Å²) >= 11 is 5.06. The summed E-state index contributed by atoms with van der Waals surface area (Å²) in [5.74, 6) is -0.783. The smallest absolute Gasteiger partial charge is 0.234 e. The van der Waals surface area contributed by atoms with E-state index < -0.39 is 0 Å². The highest BCUT2D eigenvalue weighted by Crippen LogP contribution is 2.41. The average molecular weight is 364 g/mol. The molecule has 1 N–H and O–H groups in total. The molecule has 0 spiro atoms. The van der Waals surface area contributed by atoms with Gasteiger partial charge in [0.25, 0.3) is 0 Å². The molecular weight excluding hydrogens is 350 g/mol. The topological polar surface area (TPSA) is 46.2 Å². The van der Waals surface area contributed by atoms with Gasteiger partial charge < -0.3 is 0 Å². The molecule has 5 heteroatoms. The maximum atomic E-state index is 12.3. The summed E-state index contributed by atoms with van der Waals surface area (Å²) in [5, 5.41) is 2.46. The molecule has 1 aromatic carbocycles. The SMILES string of the molecule is Cc1ccc(C2CC(=O)NC(=O)C2c2ccc(Br)cc2)s1. The van der Waals surface area contributed by atoms with Crippen molar-refractivity contribution in [3.8, 4) is 0 Å². The Morgan fingerprint density at radius 2 is 1.86 bits per heavy atom. The zero-order valence-electron chi connectivity index (χ0n) is 11.4. The minimum Gasteiger partial charge on any atom is -0.296 e. The number of aryl methyl sites for hydroxylation is 1. The van der Waals surface area contributed by atoms with Crippen molar-refractivity contribution in [1.82, 2.24) is 5.32 Å². The Morgan fingerprint density at radius 1 is 1.14 bits per heavy atom. The summed E-state index contributed by atoms with van der Waals surface area (Å²) in [5.41, 5.74) is 0.944. The minimum atomic E-state index is -0.311. The van der Waals surface area contributed by atoms with E-state index in [0.717, 1.165) is 14.9 Å². The van der Waals surface area contributed by atoms with E-state index in [9.17, 15) is 9.59 Å². The summed E-state index contributed by atoms with van der Waals surface area (Å²) in [6.45, 7) is 2.04. The molecule has 1 fully saturated rings. The molecule has 1 aromatic heterocycles. The van der Waals surface area contributed by atoms with Gasteiger partial charge in [-0.05, 0) is 36.8 Å². The third-order valence-electron chi connectivity index (χ3n) is 3.71. The summed E-state index contributed by atoms with van der Waals surface area (Å²) in [6.07, 6.45) is 0.354. The van der Waals surface area contributed by atoms with Crippen LogP contribution < -0.4 is 5.32 Å². The highest BCUT2D eigenvalue weighted by molar-refractivity contribution is 9.10. The number of halogens is 1. The monoisotopic (exact) mass is 363 g/mol. The van der Waals surface area contributed by atoms with Crippen molar-refractivity contribution in [3.63, 3.8) is 0 Å². The molecule has 2 unspecified atom stereocenters. The van der Waals surface area contributed by atoms with Gasteiger partial charge in [0.15, 0.2) is 0 Å². The Bertz CT molecular complexity index is 693. The van der Waals surface area contributed by atoms with Crippen LogP contribution in [0.15, 0.2) is 40.9 Å². The molecule has 1 saturated heterocycles. The van der Waals surface area contributed by atoms with Crippen molar-refractivity contribution in [3.05, 3.63) is 56.2 Å². The number of nitrogens with one attached hydrogen (secondary N) is 1. The van der Waals surface area contributed by atoms with Gasteiger partial charge in [0.1, 0.15) is 0 Å². The highest BCUT2D eigenvalue weighted by Gasteiger charge is 2.38. The lowest BCUT2D eigenvalue weighted by Crippen LogP contribution is -2.43. The van der Waals surface area contributed by atoms with Crippen molar-refractivity contribution in [2.24, 2.45) is 0 Å². The van der Waals surface area contributed by atoms with Crippen LogP contribution in [0.2, 0.25) is 0 Å². The van der Waals surface area contributed by atoms with Crippen molar-refractivity contribution < 1.29 is 9.59 Å². The van der Waals surface area contributed by atoms with E-state index in [-0.39, 0.29) is 23.7 Å². The number of carbonyl (C=O) groups is 2. The number of imide groups is 1. The normalized spacial score (nSPS) is 22.2. The lowest BCUT2D eigenvalue weighted by atomic mass is 9.79. The third-order valence-corrected chi connectivity index (χ3v) is 5.37. The number of hydrogen-bond donors (Lipinski definition) is 1. The zero-order chi connectivity index (χ0) is 15.0. The minimum absolute atomic E-state index is 0.0777. The van der Waals surface area contributed by atoms with E-state index in [4.69, 9.17) is 0 Å². The predicted octanol–water partition coefficient (Wildman–Crippen LogP) is 3.73. The fourth-order valence-electron chi connectivity index (χ4n) is 2.74. The summed E-state index contributed by atoms with van der Waals surface area (Å²) in [6, 6.07) is 11.8. The van der Waals surface area contributed by atoms with Gasteiger partial charge in [-0.1, -0.05) is 28.1 Å². The Labute approximate surface area is 135 Å². The third kappa shape index (κ3) is 2.94. The number of benzene rings is 1. The molecule has 2 heterocycles. The molecule has 3 rings (SSSR count). The second kappa shape index (κ2) is 5.73. The van der Waals surface area contributed by atoms with Crippen LogP contribution in [0, 0.1) is 6.92 Å². The van der Waals surface area contributed by atoms with Crippen LogP contribution >= 0.6 is 27.3 Å². The Kier molecular flexibility index (Phi) is 3.95. The van der Waals surface area contributed by atoms with Gasteiger partial charge in [0.05, 0.1) is 5.92 Å².